The predicted molar refractivity (Wildman–Crippen MR) is 223 cm³/mol. The van der Waals surface area contributed by atoms with Crippen LogP contribution in [-0.2, 0) is 16.2 Å². The Morgan fingerprint density at radius 2 is 0.745 bits per heavy atom. The van der Waals surface area contributed by atoms with Crippen molar-refractivity contribution in [2.75, 3.05) is 9.80 Å². The van der Waals surface area contributed by atoms with E-state index >= 15 is 0 Å². The molecule has 0 bridgehead atoms. The van der Waals surface area contributed by atoms with Crippen molar-refractivity contribution in [3.05, 3.63) is 143 Å². The highest BCUT2D eigenvalue weighted by Gasteiger charge is 2.25. The van der Waals surface area contributed by atoms with E-state index in [0.29, 0.717) is 10.9 Å². The van der Waals surface area contributed by atoms with Gasteiger partial charge >= 0.3 is 0 Å². The molecule has 2 nitrogen and oxygen atoms in total. The van der Waals surface area contributed by atoms with Crippen molar-refractivity contribution in [2.45, 2.75) is 117 Å². The maximum absolute atomic E-state index is 7.68. The number of benzene rings is 5. The first-order chi connectivity index (χ1) is 24.1. The SMILES string of the molecule is CC(C)(C)c1ccc(N(c2ccc(C3CCCCC3)cc2)c2cccc(N(c3ccc(C(C)(C)C)cc3)c3ccc(C(C)(C)C)cc3)c2Cl)cc1. The number of hydrogen-bond donors (Lipinski definition) is 0. The average molecular weight is 697 g/mol. The molecule has 0 atom stereocenters. The van der Waals surface area contributed by atoms with Gasteiger partial charge < -0.3 is 9.80 Å². The van der Waals surface area contributed by atoms with Gasteiger partial charge in [-0.2, -0.15) is 0 Å². The lowest BCUT2D eigenvalue weighted by molar-refractivity contribution is 0.443. The lowest BCUT2D eigenvalue weighted by Gasteiger charge is -2.32. The van der Waals surface area contributed by atoms with Crippen LogP contribution < -0.4 is 9.80 Å². The molecule has 6 rings (SSSR count). The van der Waals surface area contributed by atoms with Crippen molar-refractivity contribution in [1.82, 2.24) is 0 Å². The summed E-state index contributed by atoms with van der Waals surface area (Å²) in [4.78, 5) is 4.63. The number of halogens is 1. The number of hydrogen-bond acceptors (Lipinski definition) is 2. The van der Waals surface area contributed by atoms with Crippen LogP contribution in [0, 0.1) is 0 Å². The summed E-state index contributed by atoms with van der Waals surface area (Å²) in [6.45, 7) is 20.4. The van der Waals surface area contributed by atoms with E-state index in [0.717, 1.165) is 34.1 Å². The van der Waals surface area contributed by atoms with Crippen LogP contribution in [0.1, 0.15) is 123 Å². The second-order valence-corrected chi connectivity index (χ2v) is 18.0. The van der Waals surface area contributed by atoms with Gasteiger partial charge in [-0.05, 0) is 118 Å². The maximum atomic E-state index is 7.68. The summed E-state index contributed by atoms with van der Waals surface area (Å²) in [5.74, 6) is 0.655. The molecule has 0 N–H and O–H groups in total. The van der Waals surface area contributed by atoms with Gasteiger partial charge in [-0.1, -0.05) is 148 Å². The third-order valence-corrected chi connectivity index (χ3v) is 11.0. The molecular formula is C48H57ClN2. The van der Waals surface area contributed by atoms with E-state index in [1.807, 2.05) is 0 Å². The van der Waals surface area contributed by atoms with Gasteiger partial charge in [0, 0.05) is 22.7 Å². The van der Waals surface area contributed by atoms with E-state index in [2.05, 4.69) is 187 Å². The van der Waals surface area contributed by atoms with Crippen molar-refractivity contribution in [1.29, 1.82) is 0 Å². The standard InChI is InChI=1S/C48H57ClN2/c1-46(2,3)36-20-28-40(29-21-36)50(39-26-18-35(19-27-39)34-14-11-10-12-15-34)43-16-13-17-44(45(43)49)51(41-30-22-37(23-31-41)47(4,5)6)42-32-24-38(25-33-42)48(7,8)9/h13,16-34H,10-12,14-15H2,1-9H3. The maximum Gasteiger partial charge on any atom is 0.0887 e. The van der Waals surface area contributed by atoms with Crippen molar-refractivity contribution in [2.24, 2.45) is 0 Å². The first-order valence-electron chi connectivity index (χ1n) is 18.9. The van der Waals surface area contributed by atoms with Gasteiger partial charge in [0.2, 0.25) is 0 Å². The fourth-order valence-corrected chi connectivity index (χ4v) is 7.67. The molecule has 1 aliphatic rings. The van der Waals surface area contributed by atoms with Crippen LogP contribution in [0.3, 0.4) is 0 Å². The summed E-state index contributed by atoms with van der Waals surface area (Å²) < 4.78 is 0. The number of rotatable bonds is 7. The van der Waals surface area contributed by atoms with E-state index in [1.54, 1.807) is 0 Å². The molecule has 5 aromatic rings. The van der Waals surface area contributed by atoms with Crippen LogP contribution in [0.25, 0.3) is 0 Å². The molecule has 0 amide bonds. The summed E-state index contributed by atoms with van der Waals surface area (Å²) in [5, 5.41) is 0.702. The molecule has 3 heteroatoms. The van der Waals surface area contributed by atoms with E-state index in [-0.39, 0.29) is 16.2 Å². The minimum Gasteiger partial charge on any atom is -0.309 e. The molecule has 0 radical (unpaired) electrons. The lowest BCUT2D eigenvalue weighted by atomic mass is 9.84. The topological polar surface area (TPSA) is 6.48 Å². The van der Waals surface area contributed by atoms with Gasteiger partial charge in [-0.25, -0.2) is 0 Å². The van der Waals surface area contributed by atoms with Gasteiger partial charge in [0.25, 0.3) is 0 Å². The highest BCUT2D eigenvalue weighted by molar-refractivity contribution is 6.36. The fourth-order valence-electron chi connectivity index (χ4n) is 7.37. The highest BCUT2D eigenvalue weighted by atomic mass is 35.5. The zero-order valence-corrected chi connectivity index (χ0v) is 33.1. The Bertz CT molecular complexity index is 1840. The second kappa shape index (κ2) is 14.5. The van der Waals surface area contributed by atoms with Gasteiger partial charge in [0.05, 0.1) is 16.4 Å². The normalized spacial score (nSPS) is 14.4. The molecular weight excluding hydrogens is 640 g/mol. The third kappa shape index (κ3) is 8.23. The van der Waals surface area contributed by atoms with Crippen LogP contribution in [-0.4, -0.2) is 0 Å². The number of nitrogens with zero attached hydrogens (tertiary/aromatic N) is 2. The zero-order valence-electron chi connectivity index (χ0n) is 32.4. The van der Waals surface area contributed by atoms with Crippen molar-refractivity contribution < 1.29 is 0 Å². The Kier molecular flexibility index (Phi) is 10.5. The summed E-state index contributed by atoms with van der Waals surface area (Å²) in [6, 6.07) is 42.6. The number of anilines is 6. The minimum atomic E-state index is 0.0604. The largest absolute Gasteiger partial charge is 0.309 e. The molecule has 0 aliphatic heterocycles. The summed E-state index contributed by atoms with van der Waals surface area (Å²) in [7, 11) is 0. The highest BCUT2D eigenvalue weighted by Crippen LogP contribution is 2.47. The zero-order chi connectivity index (χ0) is 36.6. The molecule has 5 aromatic carbocycles. The van der Waals surface area contributed by atoms with Crippen LogP contribution in [0.5, 0.6) is 0 Å². The molecule has 0 aromatic heterocycles. The van der Waals surface area contributed by atoms with Crippen LogP contribution >= 0.6 is 11.6 Å². The Labute approximate surface area is 313 Å². The van der Waals surface area contributed by atoms with Crippen LogP contribution in [0.2, 0.25) is 5.02 Å². The van der Waals surface area contributed by atoms with Gasteiger partial charge in [-0.3, -0.25) is 0 Å². The molecule has 0 saturated heterocycles. The molecule has 1 fully saturated rings. The van der Waals surface area contributed by atoms with E-state index in [9.17, 15) is 0 Å². The quantitative estimate of drug-likeness (QED) is 0.167. The summed E-state index contributed by atoms with van der Waals surface area (Å²) in [5.41, 5.74) is 11.8. The first-order valence-corrected chi connectivity index (χ1v) is 19.3. The first kappa shape index (κ1) is 36.8. The average Bonchev–Trinajstić information content (AvgIpc) is 3.10. The third-order valence-electron chi connectivity index (χ3n) is 10.6. The fraction of sp³-hybridized carbons (Fsp3) is 0.375. The van der Waals surface area contributed by atoms with Gasteiger partial charge in [0.15, 0.2) is 0 Å². The minimum absolute atomic E-state index is 0.0604. The summed E-state index contributed by atoms with van der Waals surface area (Å²) in [6.07, 6.45) is 6.59. The second-order valence-electron chi connectivity index (χ2n) is 17.6. The van der Waals surface area contributed by atoms with Crippen LogP contribution in [0.15, 0.2) is 115 Å². The molecule has 0 spiro atoms. The Hall–Kier alpha value is -4.01. The summed E-state index contributed by atoms with van der Waals surface area (Å²) >= 11 is 7.68. The monoisotopic (exact) mass is 696 g/mol. The van der Waals surface area contributed by atoms with Crippen molar-refractivity contribution in [3.63, 3.8) is 0 Å². The lowest BCUT2D eigenvalue weighted by Crippen LogP contribution is -2.16. The molecule has 1 aliphatic carbocycles. The Morgan fingerprint density at radius 1 is 0.431 bits per heavy atom. The van der Waals surface area contributed by atoms with E-state index < -0.39 is 0 Å². The van der Waals surface area contributed by atoms with Gasteiger partial charge in [0.1, 0.15) is 0 Å². The van der Waals surface area contributed by atoms with E-state index in [1.165, 1.54) is 54.4 Å². The Morgan fingerprint density at radius 3 is 1.06 bits per heavy atom. The molecule has 51 heavy (non-hydrogen) atoms. The smallest absolute Gasteiger partial charge is 0.0887 e. The van der Waals surface area contributed by atoms with Crippen molar-refractivity contribution >= 4 is 45.7 Å². The molecule has 0 unspecified atom stereocenters. The van der Waals surface area contributed by atoms with E-state index in [4.69, 9.17) is 11.6 Å². The van der Waals surface area contributed by atoms with Crippen LogP contribution in [0.4, 0.5) is 34.1 Å². The molecule has 1 saturated carbocycles. The van der Waals surface area contributed by atoms with Crippen molar-refractivity contribution in [3.8, 4) is 0 Å². The predicted octanol–water partition coefficient (Wildman–Crippen LogP) is 15.2. The van der Waals surface area contributed by atoms with Gasteiger partial charge in [-0.15, -0.1) is 0 Å². The molecule has 0 heterocycles. The molecule has 266 valence electrons. The Balaban J connectivity index is 1.49.